The summed E-state index contributed by atoms with van der Waals surface area (Å²) in [5.41, 5.74) is 14.7. The maximum atomic E-state index is 6.34. The summed E-state index contributed by atoms with van der Waals surface area (Å²) in [5, 5.41) is 0. The fourth-order valence-electron chi connectivity index (χ4n) is 2.23. The minimum Gasteiger partial charge on any atom is -0.441 e. The van der Waals surface area contributed by atoms with Crippen LogP contribution < -0.4 is 11.5 Å². The number of rotatable bonds is 4. The molecule has 0 aliphatic carbocycles. The minimum atomic E-state index is -0.0594. The predicted molar refractivity (Wildman–Crippen MR) is 73.1 cm³/mol. The van der Waals surface area contributed by atoms with Crippen molar-refractivity contribution in [2.24, 2.45) is 16.9 Å². The monoisotopic (exact) mass is 247 g/mol. The van der Waals surface area contributed by atoms with Crippen molar-refractivity contribution in [2.75, 3.05) is 6.54 Å². The maximum Gasteiger partial charge on any atom is 0.192 e. The number of benzene rings is 1. The van der Waals surface area contributed by atoms with E-state index < -0.39 is 0 Å². The van der Waals surface area contributed by atoms with Crippen LogP contribution in [0.5, 0.6) is 0 Å². The maximum absolute atomic E-state index is 6.34. The summed E-state index contributed by atoms with van der Waals surface area (Å²) in [6.07, 6.45) is 0.891. The summed E-state index contributed by atoms with van der Waals surface area (Å²) in [7, 11) is 0. The van der Waals surface area contributed by atoms with Gasteiger partial charge in [-0.1, -0.05) is 19.9 Å². The molecule has 98 valence electrons. The molecule has 4 N–H and O–H groups in total. The molecular weight excluding hydrogens is 226 g/mol. The van der Waals surface area contributed by atoms with E-state index in [0.717, 1.165) is 23.1 Å². The quantitative estimate of drug-likeness (QED) is 0.870. The zero-order valence-corrected chi connectivity index (χ0v) is 11.2. The molecule has 0 radical (unpaired) electrons. The Morgan fingerprint density at radius 3 is 2.78 bits per heavy atom. The Hall–Kier alpha value is -1.39. The number of oxazole rings is 1. The van der Waals surface area contributed by atoms with Gasteiger partial charge in [0.2, 0.25) is 0 Å². The van der Waals surface area contributed by atoms with E-state index in [1.165, 1.54) is 0 Å². The Labute approximate surface area is 107 Å². The van der Waals surface area contributed by atoms with E-state index in [-0.39, 0.29) is 11.5 Å². The normalized spacial score (nSPS) is 14.1. The topological polar surface area (TPSA) is 78.1 Å². The van der Waals surface area contributed by atoms with Crippen LogP contribution in [0, 0.1) is 12.3 Å². The average molecular weight is 247 g/mol. The number of fused-ring (bicyclic) bond motifs is 1. The van der Waals surface area contributed by atoms with Crippen LogP contribution in [0.3, 0.4) is 0 Å². The van der Waals surface area contributed by atoms with Crippen molar-refractivity contribution in [3.05, 3.63) is 29.7 Å². The lowest BCUT2D eigenvalue weighted by molar-refractivity contribution is 0.271. The van der Waals surface area contributed by atoms with Crippen molar-refractivity contribution in [1.82, 2.24) is 4.98 Å². The van der Waals surface area contributed by atoms with Crippen molar-refractivity contribution in [2.45, 2.75) is 33.2 Å². The van der Waals surface area contributed by atoms with Gasteiger partial charge in [0.25, 0.3) is 0 Å². The molecular formula is C14H21N3O. The fourth-order valence-corrected chi connectivity index (χ4v) is 2.23. The van der Waals surface area contributed by atoms with Crippen LogP contribution >= 0.6 is 0 Å². The highest BCUT2D eigenvalue weighted by Gasteiger charge is 2.27. The average Bonchev–Trinajstić information content (AvgIpc) is 2.66. The van der Waals surface area contributed by atoms with E-state index in [1.54, 1.807) is 0 Å². The van der Waals surface area contributed by atoms with Gasteiger partial charge in [-0.15, -0.1) is 0 Å². The molecule has 0 saturated carbocycles. The van der Waals surface area contributed by atoms with Gasteiger partial charge in [0.05, 0.1) is 0 Å². The third-order valence-electron chi connectivity index (χ3n) is 3.51. The molecule has 2 aromatic rings. The summed E-state index contributed by atoms with van der Waals surface area (Å²) >= 11 is 0. The van der Waals surface area contributed by atoms with E-state index in [1.807, 2.05) is 25.1 Å². The van der Waals surface area contributed by atoms with Crippen molar-refractivity contribution in [3.8, 4) is 0 Å². The van der Waals surface area contributed by atoms with Crippen molar-refractivity contribution >= 4 is 11.1 Å². The van der Waals surface area contributed by atoms with Crippen molar-refractivity contribution in [3.63, 3.8) is 0 Å². The molecule has 0 amide bonds. The minimum absolute atomic E-state index is 0.0303. The molecule has 4 heteroatoms. The summed E-state index contributed by atoms with van der Waals surface area (Å²) in [4.78, 5) is 4.28. The first-order valence-corrected chi connectivity index (χ1v) is 6.27. The molecule has 1 atom stereocenters. The first-order valence-electron chi connectivity index (χ1n) is 6.27. The van der Waals surface area contributed by atoms with Crippen LogP contribution in [0.1, 0.15) is 37.8 Å². The van der Waals surface area contributed by atoms with Crippen LogP contribution in [0.15, 0.2) is 22.6 Å². The van der Waals surface area contributed by atoms with Gasteiger partial charge in [-0.05, 0) is 36.1 Å². The number of aryl methyl sites for hydroxylation is 1. The zero-order valence-electron chi connectivity index (χ0n) is 11.2. The molecule has 0 bridgehead atoms. The highest BCUT2D eigenvalue weighted by molar-refractivity contribution is 5.73. The second kappa shape index (κ2) is 4.71. The smallest absolute Gasteiger partial charge is 0.192 e. The largest absolute Gasteiger partial charge is 0.441 e. The van der Waals surface area contributed by atoms with Crippen LogP contribution in [0.2, 0.25) is 0 Å². The Balaban J connectivity index is 2.35. The summed E-state index contributed by atoms with van der Waals surface area (Å²) in [6.45, 7) is 6.77. The Morgan fingerprint density at radius 2 is 2.11 bits per heavy atom. The lowest BCUT2D eigenvalue weighted by Crippen LogP contribution is -2.31. The standard InChI is InChI=1S/C14H21N3O/c1-9-17-11-5-4-10(8-12(11)18-9)13(16)14(2,3)6-7-15/h4-5,8,13H,6-7,15-16H2,1-3H3. The molecule has 18 heavy (non-hydrogen) atoms. The first kappa shape index (κ1) is 13.1. The number of aromatic nitrogens is 1. The fraction of sp³-hybridized carbons (Fsp3) is 0.500. The molecule has 0 spiro atoms. The highest BCUT2D eigenvalue weighted by Crippen LogP contribution is 2.35. The lowest BCUT2D eigenvalue weighted by Gasteiger charge is -2.31. The Morgan fingerprint density at radius 1 is 1.39 bits per heavy atom. The van der Waals surface area contributed by atoms with Gasteiger partial charge in [0.15, 0.2) is 11.5 Å². The molecule has 2 rings (SSSR count). The van der Waals surface area contributed by atoms with E-state index in [2.05, 4.69) is 18.8 Å². The van der Waals surface area contributed by atoms with E-state index >= 15 is 0 Å². The number of nitrogens with two attached hydrogens (primary N) is 2. The van der Waals surface area contributed by atoms with Crippen LogP contribution in [-0.2, 0) is 0 Å². The van der Waals surface area contributed by atoms with Gasteiger partial charge in [-0.25, -0.2) is 4.98 Å². The third kappa shape index (κ3) is 2.40. The second-order valence-corrected chi connectivity index (χ2v) is 5.46. The second-order valence-electron chi connectivity index (χ2n) is 5.46. The summed E-state index contributed by atoms with van der Waals surface area (Å²) in [6, 6.07) is 5.90. The van der Waals surface area contributed by atoms with Crippen LogP contribution in [0.4, 0.5) is 0 Å². The van der Waals surface area contributed by atoms with E-state index in [4.69, 9.17) is 15.9 Å². The SMILES string of the molecule is Cc1nc2ccc(C(N)C(C)(C)CCN)cc2o1. The summed E-state index contributed by atoms with van der Waals surface area (Å²) < 4.78 is 5.54. The number of hydrogen-bond acceptors (Lipinski definition) is 4. The molecule has 1 aromatic carbocycles. The van der Waals surface area contributed by atoms with Gasteiger partial charge in [0.1, 0.15) is 5.52 Å². The van der Waals surface area contributed by atoms with Gasteiger partial charge in [0, 0.05) is 13.0 Å². The van der Waals surface area contributed by atoms with Gasteiger partial charge in [-0.2, -0.15) is 0 Å². The van der Waals surface area contributed by atoms with E-state index in [0.29, 0.717) is 12.4 Å². The first-order chi connectivity index (χ1) is 8.44. The molecule has 0 aliphatic rings. The highest BCUT2D eigenvalue weighted by atomic mass is 16.3. The molecule has 1 aromatic heterocycles. The summed E-state index contributed by atoms with van der Waals surface area (Å²) in [5.74, 6) is 0.678. The van der Waals surface area contributed by atoms with Crippen molar-refractivity contribution < 1.29 is 4.42 Å². The third-order valence-corrected chi connectivity index (χ3v) is 3.51. The molecule has 0 fully saturated rings. The molecule has 1 unspecified atom stereocenters. The van der Waals surface area contributed by atoms with Crippen LogP contribution in [0.25, 0.3) is 11.1 Å². The van der Waals surface area contributed by atoms with Crippen molar-refractivity contribution in [1.29, 1.82) is 0 Å². The Bertz CT molecular complexity index is 545. The molecule has 0 saturated heterocycles. The van der Waals surface area contributed by atoms with Gasteiger partial charge >= 0.3 is 0 Å². The van der Waals surface area contributed by atoms with Gasteiger partial charge in [-0.3, -0.25) is 0 Å². The Kier molecular flexibility index (Phi) is 3.41. The van der Waals surface area contributed by atoms with Gasteiger partial charge < -0.3 is 15.9 Å². The lowest BCUT2D eigenvalue weighted by atomic mass is 9.78. The predicted octanol–water partition coefficient (Wildman–Crippen LogP) is 2.51. The molecule has 0 aliphatic heterocycles. The number of hydrogen-bond donors (Lipinski definition) is 2. The zero-order chi connectivity index (χ0) is 13.3. The van der Waals surface area contributed by atoms with Crippen LogP contribution in [-0.4, -0.2) is 11.5 Å². The van der Waals surface area contributed by atoms with E-state index in [9.17, 15) is 0 Å². The number of nitrogens with zero attached hydrogens (tertiary/aromatic N) is 1. The molecule has 1 heterocycles. The molecule has 4 nitrogen and oxygen atoms in total.